The highest BCUT2D eigenvalue weighted by atomic mass is 35.5. The molecule has 0 radical (unpaired) electrons. The Bertz CT molecular complexity index is 1060. The van der Waals surface area contributed by atoms with Crippen molar-refractivity contribution in [1.29, 1.82) is 0 Å². The molecule has 1 fully saturated rings. The summed E-state index contributed by atoms with van der Waals surface area (Å²) < 4.78 is 0. The number of benzene rings is 3. The number of hydrogen-bond acceptors (Lipinski definition) is 2. The van der Waals surface area contributed by atoms with Crippen molar-refractivity contribution in [2.45, 2.75) is 11.8 Å². The Morgan fingerprint density at radius 3 is 1.54 bits per heavy atom. The number of anilines is 1. The van der Waals surface area contributed by atoms with Gasteiger partial charge in [0.05, 0.1) is 17.5 Å². The van der Waals surface area contributed by atoms with E-state index in [0.717, 1.165) is 0 Å². The molecule has 3 nitrogen and oxygen atoms in total. The molecule has 0 N–H and O–H groups in total. The molecule has 3 aromatic carbocycles. The van der Waals surface area contributed by atoms with Crippen molar-refractivity contribution in [2.75, 3.05) is 4.90 Å². The number of rotatable bonds is 1. The van der Waals surface area contributed by atoms with Crippen molar-refractivity contribution < 1.29 is 9.59 Å². The molecule has 28 heavy (non-hydrogen) atoms. The largest absolute Gasteiger partial charge is 0.274 e. The topological polar surface area (TPSA) is 37.4 Å². The maximum atomic E-state index is 13.5. The van der Waals surface area contributed by atoms with Crippen LogP contribution in [0.5, 0.6) is 0 Å². The molecule has 3 aliphatic carbocycles. The van der Waals surface area contributed by atoms with Crippen molar-refractivity contribution in [3.63, 3.8) is 0 Å². The number of nitrogens with zero attached hydrogens (tertiary/aromatic N) is 1. The van der Waals surface area contributed by atoms with Crippen molar-refractivity contribution >= 4 is 29.1 Å². The Balaban J connectivity index is 1.58. The number of carbonyl (C=O) groups is 2. The van der Waals surface area contributed by atoms with E-state index in [4.69, 9.17) is 11.6 Å². The van der Waals surface area contributed by atoms with Gasteiger partial charge < -0.3 is 0 Å². The molecule has 4 aliphatic rings. The highest BCUT2D eigenvalue weighted by molar-refractivity contribution is 6.31. The van der Waals surface area contributed by atoms with Gasteiger partial charge in [0.1, 0.15) is 0 Å². The molecule has 0 unspecified atom stereocenters. The van der Waals surface area contributed by atoms with Gasteiger partial charge in [0, 0.05) is 16.9 Å². The molecule has 1 heterocycles. The second-order valence-corrected chi connectivity index (χ2v) is 8.19. The molecule has 1 aliphatic heterocycles. The normalized spacial score (nSPS) is 26.8. The van der Waals surface area contributed by atoms with Crippen LogP contribution in [0.3, 0.4) is 0 Å². The van der Waals surface area contributed by atoms with Gasteiger partial charge in [-0.15, -0.1) is 0 Å². The summed E-state index contributed by atoms with van der Waals surface area (Å²) >= 11 is 6.14. The predicted octanol–water partition coefficient (Wildman–Crippen LogP) is 4.74. The lowest BCUT2D eigenvalue weighted by molar-refractivity contribution is -0.122. The Hall–Kier alpha value is -2.91. The fourth-order valence-electron chi connectivity index (χ4n) is 5.55. The zero-order valence-electron chi connectivity index (χ0n) is 14.9. The zero-order chi connectivity index (χ0) is 19.0. The number of halogens is 1. The fraction of sp³-hybridized carbons (Fsp3) is 0.167. The molecule has 4 heteroatoms. The van der Waals surface area contributed by atoms with E-state index in [9.17, 15) is 9.59 Å². The molecule has 3 aromatic rings. The zero-order valence-corrected chi connectivity index (χ0v) is 15.6. The Kier molecular flexibility index (Phi) is 3.19. The summed E-state index contributed by atoms with van der Waals surface area (Å²) in [5.41, 5.74) is 5.29. The summed E-state index contributed by atoms with van der Waals surface area (Å²) in [5, 5.41) is 0.516. The van der Waals surface area contributed by atoms with E-state index in [1.165, 1.54) is 27.2 Å². The monoisotopic (exact) mass is 385 g/mol. The first-order valence-corrected chi connectivity index (χ1v) is 9.85. The van der Waals surface area contributed by atoms with Crippen molar-refractivity contribution in [2.24, 2.45) is 11.8 Å². The molecule has 0 saturated carbocycles. The summed E-state index contributed by atoms with van der Waals surface area (Å²) in [4.78, 5) is 28.4. The summed E-state index contributed by atoms with van der Waals surface area (Å²) in [6.07, 6.45) is 0. The Morgan fingerprint density at radius 1 is 0.643 bits per heavy atom. The lowest BCUT2D eigenvalue weighted by atomic mass is 9.55. The molecule has 7 rings (SSSR count). The predicted molar refractivity (Wildman–Crippen MR) is 107 cm³/mol. The standard InChI is InChI=1S/C24H16ClNO2/c25-13-6-5-7-14(12-13)26-23(27)21-19-15-8-1-2-9-16(15)20(22(21)24(26)28)18-11-4-3-10-17(18)19/h1-12,19-22H/t19?,20?,21-,22+. The van der Waals surface area contributed by atoms with E-state index >= 15 is 0 Å². The number of imide groups is 1. The highest BCUT2D eigenvalue weighted by Gasteiger charge is 2.61. The third kappa shape index (κ3) is 1.90. The van der Waals surface area contributed by atoms with Crippen LogP contribution in [-0.4, -0.2) is 11.8 Å². The molecule has 2 atom stereocenters. The van der Waals surface area contributed by atoms with Crippen LogP contribution in [0.15, 0.2) is 72.8 Å². The third-order valence-electron chi connectivity index (χ3n) is 6.51. The molecular formula is C24H16ClNO2. The fourth-order valence-corrected chi connectivity index (χ4v) is 5.73. The van der Waals surface area contributed by atoms with Gasteiger partial charge in [0.25, 0.3) is 0 Å². The summed E-state index contributed by atoms with van der Waals surface area (Å²) in [5.74, 6) is -1.11. The van der Waals surface area contributed by atoms with Gasteiger partial charge in [-0.05, 0) is 40.5 Å². The van der Waals surface area contributed by atoms with Gasteiger partial charge >= 0.3 is 0 Å². The van der Waals surface area contributed by atoms with Crippen molar-refractivity contribution in [3.05, 3.63) is 100 Å². The van der Waals surface area contributed by atoms with E-state index in [2.05, 4.69) is 24.3 Å². The van der Waals surface area contributed by atoms with Gasteiger partial charge in [0.15, 0.2) is 0 Å². The molecule has 2 bridgehead atoms. The van der Waals surface area contributed by atoms with Crippen molar-refractivity contribution in [3.8, 4) is 0 Å². The Morgan fingerprint density at radius 2 is 1.11 bits per heavy atom. The van der Waals surface area contributed by atoms with Gasteiger partial charge in [-0.3, -0.25) is 9.59 Å². The van der Waals surface area contributed by atoms with Gasteiger partial charge in [-0.2, -0.15) is 0 Å². The van der Waals surface area contributed by atoms with E-state index in [1.54, 1.807) is 24.3 Å². The van der Waals surface area contributed by atoms with E-state index in [0.29, 0.717) is 10.7 Å². The first-order valence-electron chi connectivity index (χ1n) is 9.48. The summed E-state index contributed by atoms with van der Waals surface area (Å²) in [6.45, 7) is 0. The minimum atomic E-state index is -0.360. The van der Waals surface area contributed by atoms with Gasteiger partial charge in [-0.1, -0.05) is 66.2 Å². The van der Waals surface area contributed by atoms with E-state index in [1.807, 2.05) is 24.3 Å². The van der Waals surface area contributed by atoms with Crippen LogP contribution in [0, 0.1) is 11.8 Å². The number of amides is 2. The first kappa shape index (κ1) is 16.1. The Labute approximate surface area is 167 Å². The number of carbonyl (C=O) groups excluding carboxylic acids is 2. The van der Waals surface area contributed by atoms with Crippen LogP contribution in [-0.2, 0) is 9.59 Å². The maximum absolute atomic E-state index is 13.5. The molecular weight excluding hydrogens is 370 g/mol. The smallest absolute Gasteiger partial charge is 0.238 e. The van der Waals surface area contributed by atoms with Crippen LogP contribution < -0.4 is 4.90 Å². The van der Waals surface area contributed by atoms with Crippen molar-refractivity contribution in [1.82, 2.24) is 0 Å². The molecule has 0 aromatic heterocycles. The SMILES string of the molecule is O=C1[C@@H]2C3c4ccccc4C(c4ccccc43)[C@@H]2C(=O)N1c1cccc(Cl)c1. The minimum Gasteiger partial charge on any atom is -0.274 e. The number of hydrogen-bond donors (Lipinski definition) is 0. The second-order valence-electron chi connectivity index (χ2n) is 7.76. The van der Waals surface area contributed by atoms with Gasteiger partial charge in [0.2, 0.25) is 11.8 Å². The highest BCUT2D eigenvalue weighted by Crippen LogP contribution is 2.61. The van der Waals surface area contributed by atoms with Gasteiger partial charge in [-0.25, -0.2) is 4.90 Å². The molecule has 1 saturated heterocycles. The molecule has 136 valence electrons. The van der Waals surface area contributed by atoms with Crippen LogP contribution in [0.1, 0.15) is 34.1 Å². The first-order chi connectivity index (χ1) is 13.7. The van der Waals surface area contributed by atoms with Crippen LogP contribution in [0.4, 0.5) is 5.69 Å². The van der Waals surface area contributed by atoms with E-state index in [-0.39, 0.29) is 35.5 Å². The van der Waals surface area contributed by atoms with E-state index < -0.39 is 0 Å². The van der Waals surface area contributed by atoms with Crippen LogP contribution >= 0.6 is 11.6 Å². The average molecular weight is 386 g/mol. The summed E-state index contributed by atoms with van der Waals surface area (Å²) in [6, 6.07) is 23.5. The second kappa shape index (κ2) is 5.55. The lowest BCUT2D eigenvalue weighted by Gasteiger charge is -2.45. The maximum Gasteiger partial charge on any atom is 0.238 e. The third-order valence-corrected chi connectivity index (χ3v) is 6.75. The molecule has 0 spiro atoms. The van der Waals surface area contributed by atoms with Crippen LogP contribution in [0.2, 0.25) is 5.02 Å². The van der Waals surface area contributed by atoms with Crippen LogP contribution in [0.25, 0.3) is 0 Å². The minimum absolute atomic E-state index is 0.0805. The lowest BCUT2D eigenvalue weighted by Crippen LogP contribution is -2.41. The quantitative estimate of drug-likeness (QED) is 0.567. The summed E-state index contributed by atoms with van der Waals surface area (Å²) in [7, 11) is 0. The average Bonchev–Trinajstić information content (AvgIpc) is 2.99. The molecule has 2 amide bonds.